The molecule has 4 rings (SSSR count). The summed E-state index contributed by atoms with van der Waals surface area (Å²) in [6.45, 7) is 2.80. The highest BCUT2D eigenvalue weighted by molar-refractivity contribution is 5.94. The van der Waals surface area contributed by atoms with E-state index in [1.807, 2.05) is 18.2 Å². The minimum absolute atomic E-state index is 0.137. The van der Waals surface area contributed by atoms with Crippen LogP contribution in [0.3, 0.4) is 0 Å². The van der Waals surface area contributed by atoms with Gasteiger partial charge in [0.1, 0.15) is 23.2 Å². The summed E-state index contributed by atoms with van der Waals surface area (Å²) in [7, 11) is 0. The number of hydrogen-bond acceptors (Lipinski definition) is 6. The number of hydrogen-bond donors (Lipinski definition) is 2. The van der Waals surface area contributed by atoms with E-state index in [1.54, 1.807) is 0 Å². The predicted molar refractivity (Wildman–Crippen MR) is 108 cm³/mol. The summed E-state index contributed by atoms with van der Waals surface area (Å²) in [5.41, 5.74) is 13.0. The smallest absolute Gasteiger partial charge is 0.222 e. The van der Waals surface area contributed by atoms with Crippen molar-refractivity contribution in [2.24, 2.45) is 5.92 Å². The Bertz CT molecular complexity index is 1000. The number of aromatic nitrogens is 2. The number of benzene rings is 2. The SMILES string of the molecule is Nc1nc(N)c2c(OCC3CCN(Cc4cc(F)cc(F)c4)CC3)cccc2n1. The maximum Gasteiger partial charge on any atom is 0.222 e. The Labute approximate surface area is 167 Å². The van der Waals surface area contributed by atoms with Crippen LogP contribution in [0.4, 0.5) is 20.5 Å². The molecule has 0 spiro atoms. The molecule has 6 nitrogen and oxygen atoms in total. The van der Waals surface area contributed by atoms with Crippen LogP contribution in [0.1, 0.15) is 18.4 Å². The third-order valence-electron chi connectivity index (χ3n) is 5.24. The van der Waals surface area contributed by atoms with Crippen LogP contribution < -0.4 is 16.2 Å². The van der Waals surface area contributed by atoms with Gasteiger partial charge in [0.05, 0.1) is 17.5 Å². The lowest BCUT2D eigenvalue weighted by molar-refractivity contribution is 0.137. The largest absolute Gasteiger partial charge is 0.492 e. The molecule has 4 N–H and O–H groups in total. The molecular weight excluding hydrogens is 376 g/mol. The number of likely N-dealkylation sites (tertiary alicyclic amines) is 1. The Morgan fingerprint density at radius 2 is 1.76 bits per heavy atom. The normalized spacial score (nSPS) is 15.7. The van der Waals surface area contributed by atoms with Gasteiger partial charge >= 0.3 is 0 Å². The van der Waals surface area contributed by atoms with Gasteiger partial charge < -0.3 is 16.2 Å². The van der Waals surface area contributed by atoms with Crippen LogP contribution in [-0.2, 0) is 6.54 Å². The monoisotopic (exact) mass is 399 g/mol. The van der Waals surface area contributed by atoms with Crippen molar-refractivity contribution in [1.82, 2.24) is 14.9 Å². The standard InChI is InChI=1S/C21H23F2N5O/c22-15-8-14(9-16(23)10-15)11-28-6-4-13(5-7-28)12-29-18-3-1-2-17-19(18)20(24)27-21(25)26-17/h1-3,8-10,13H,4-7,11-12H2,(H4,24,25,26,27). The summed E-state index contributed by atoms with van der Waals surface area (Å²) in [6.07, 6.45) is 1.89. The zero-order valence-electron chi connectivity index (χ0n) is 15.9. The van der Waals surface area contributed by atoms with E-state index in [1.165, 1.54) is 12.1 Å². The van der Waals surface area contributed by atoms with E-state index in [9.17, 15) is 8.78 Å². The fourth-order valence-corrected chi connectivity index (χ4v) is 3.80. The number of anilines is 2. The summed E-state index contributed by atoms with van der Waals surface area (Å²) < 4.78 is 32.8. The van der Waals surface area contributed by atoms with Crippen LogP contribution in [0.15, 0.2) is 36.4 Å². The highest BCUT2D eigenvalue weighted by Gasteiger charge is 2.21. The van der Waals surface area contributed by atoms with Crippen LogP contribution in [-0.4, -0.2) is 34.6 Å². The molecule has 0 saturated carbocycles. The number of nitrogens with zero attached hydrogens (tertiary/aromatic N) is 3. The number of piperidine rings is 1. The van der Waals surface area contributed by atoms with Crippen LogP contribution in [0.25, 0.3) is 10.9 Å². The van der Waals surface area contributed by atoms with Crippen molar-refractivity contribution < 1.29 is 13.5 Å². The molecule has 8 heteroatoms. The molecule has 152 valence electrons. The van der Waals surface area contributed by atoms with Crippen molar-refractivity contribution in [3.05, 3.63) is 53.6 Å². The molecule has 1 aromatic heterocycles. The maximum atomic E-state index is 13.4. The molecule has 2 heterocycles. The molecule has 29 heavy (non-hydrogen) atoms. The molecule has 2 aromatic carbocycles. The fraction of sp³-hybridized carbons (Fsp3) is 0.333. The number of fused-ring (bicyclic) bond motifs is 1. The van der Waals surface area contributed by atoms with Gasteiger partial charge in [-0.25, -0.2) is 13.8 Å². The molecule has 0 unspecified atom stereocenters. The molecule has 0 atom stereocenters. The Kier molecular flexibility index (Phi) is 5.44. The van der Waals surface area contributed by atoms with Crippen LogP contribution >= 0.6 is 0 Å². The van der Waals surface area contributed by atoms with Crippen LogP contribution in [0, 0.1) is 17.6 Å². The number of nitrogen functional groups attached to an aromatic ring is 2. The van der Waals surface area contributed by atoms with E-state index in [2.05, 4.69) is 14.9 Å². The Hall–Kier alpha value is -3.00. The first-order chi connectivity index (χ1) is 14.0. The van der Waals surface area contributed by atoms with E-state index in [0.717, 1.165) is 32.0 Å². The first-order valence-corrected chi connectivity index (χ1v) is 9.60. The Morgan fingerprint density at radius 3 is 2.48 bits per heavy atom. The van der Waals surface area contributed by atoms with Crippen molar-refractivity contribution in [1.29, 1.82) is 0 Å². The highest BCUT2D eigenvalue weighted by atomic mass is 19.1. The average Bonchev–Trinajstić information content (AvgIpc) is 2.66. The lowest BCUT2D eigenvalue weighted by atomic mass is 9.97. The fourth-order valence-electron chi connectivity index (χ4n) is 3.80. The van der Waals surface area contributed by atoms with E-state index >= 15 is 0 Å². The summed E-state index contributed by atoms with van der Waals surface area (Å²) in [6, 6.07) is 9.20. The number of nitrogens with two attached hydrogens (primary N) is 2. The second kappa shape index (κ2) is 8.16. The van der Waals surface area contributed by atoms with E-state index in [4.69, 9.17) is 16.2 Å². The molecule has 1 fully saturated rings. The third kappa shape index (κ3) is 4.54. The number of halogens is 2. The van der Waals surface area contributed by atoms with Gasteiger partial charge in [0.15, 0.2) is 0 Å². The van der Waals surface area contributed by atoms with Crippen molar-refractivity contribution in [2.45, 2.75) is 19.4 Å². The lowest BCUT2D eigenvalue weighted by Gasteiger charge is -2.32. The van der Waals surface area contributed by atoms with Gasteiger partial charge in [0.2, 0.25) is 5.95 Å². The first kappa shape index (κ1) is 19.3. The molecular formula is C21H23F2N5O. The Morgan fingerprint density at radius 1 is 1.03 bits per heavy atom. The predicted octanol–water partition coefficient (Wildman–Crippen LogP) is 3.36. The van der Waals surface area contributed by atoms with Crippen LogP contribution in [0.5, 0.6) is 5.75 Å². The average molecular weight is 399 g/mol. The molecule has 1 aliphatic heterocycles. The summed E-state index contributed by atoms with van der Waals surface area (Å²) >= 11 is 0. The molecule has 1 saturated heterocycles. The highest BCUT2D eigenvalue weighted by Crippen LogP contribution is 2.30. The minimum Gasteiger partial charge on any atom is -0.492 e. The number of ether oxygens (including phenoxy) is 1. The molecule has 0 radical (unpaired) electrons. The lowest BCUT2D eigenvalue weighted by Crippen LogP contribution is -2.35. The summed E-state index contributed by atoms with van der Waals surface area (Å²) in [5, 5.41) is 0.673. The quantitative estimate of drug-likeness (QED) is 0.684. The Balaban J connectivity index is 1.34. The number of rotatable bonds is 5. The van der Waals surface area contributed by atoms with Crippen molar-refractivity contribution in [2.75, 3.05) is 31.2 Å². The van der Waals surface area contributed by atoms with Gasteiger partial charge in [-0.15, -0.1) is 0 Å². The van der Waals surface area contributed by atoms with E-state index in [0.29, 0.717) is 47.1 Å². The third-order valence-corrected chi connectivity index (χ3v) is 5.24. The van der Waals surface area contributed by atoms with Gasteiger partial charge in [-0.2, -0.15) is 4.98 Å². The van der Waals surface area contributed by atoms with Crippen molar-refractivity contribution in [3.8, 4) is 5.75 Å². The second-order valence-electron chi connectivity index (χ2n) is 7.43. The van der Waals surface area contributed by atoms with E-state index < -0.39 is 11.6 Å². The molecule has 0 aliphatic carbocycles. The zero-order valence-corrected chi connectivity index (χ0v) is 15.9. The van der Waals surface area contributed by atoms with Crippen molar-refractivity contribution >= 4 is 22.7 Å². The van der Waals surface area contributed by atoms with Crippen LogP contribution in [0.2, 0.25) is 0 Å². The minimum atomic E-state index is -0.539. The first-order valence-electron chi connectivity index (χ1n) is 9.60. The second-order valence-corrected chi connectivity index (χ2v) is 7.43. The molecule has 0 bridgehead atoms. The molecule has 1 aliphatic rings. The molecule has 3 aromatic rings. The van der Waals surface area contributed by atoms with Gasteiger partial charge in [-0.05, 0) is 61.7 Å². The van der Waals surface area contributed by atoms with Crippen molar-refractivity contribution in [3.63, 3.8) is 0 Å². The summed E-state index contributed by atoms with van der Waals surface area (Å²) in [5.74, 6) is 0.407. The topological polar surface area (TPSA) is 90.3 Å². The molecule has 0 amide bonds. The van der Waals surface area contributed by atoms with Gasteiger partial charge in [-0.1, -0.05) is 6.07 Å². The van der Waals surface area contributed by atoms with E-state index in [-0.39, 0.29) is 5.95 Å². The summed E-state index contributed by atoms with van der Waals surface area (Å²) in [4.78, 5) is 10.4. The maximum absolute atomic E-state index is 13.4. The zero-order chi connectivity index (χ0) is 20.4. The van der Waals surface area contributed by atoms with Gasteiger partial charge in [0.25, 0.3) is 0 Å². The van der Waals surface area contributed by atoms with Gasteiger partial charge in [0, 0.05) is 12.6 Å². The van der Waals surface area contributed by atoms with Gasteiger partial charge in [-0.3, -0.25) is 4.90 Å².